The van der Waals surface area contributed by atoms with E-state index in [1.807, 2.05) is 31.2 Å². The molecule has 0 spiro atoms. The largest absolute Gasteiger partial charge is 0.365 e. The first kappa shape index (κ1) is 16.7. The van der Waals surface area contributed by atoms with E-state index in [0.717, 1.165) is 22.2 Å². The predicted molar refractivity (Wildman–Crippen MR) is 107 cm³/mol. The second-order valence-electron chi connectivity index (χ2n) is 6.84. The van der Waals surface area contributed by atoms with Crippen molar-refractivity contribution in [2.45, 2.75) is 12.5 Å². The van der Waals surface area contributed by atoms with Gasteiger partial charge in [-0.1, -0.05) is 29.8 Å². The fourth-order valence-corrected chi connectivity index (χ4v) is 4.01. The van der Waals surface area contributed by atoms with Crippen LogP contribution in [0.4, 0.5) is 11.4 Å². The van der Waals surface area contributed by atoms with Gasteiger partial charge in [0.05, 0.1) is 16.1 Å². The molecule has 0 aliphatic carbocycles. The van der Waals surface area contributed by atoms with Gasteiger partial charge in [0.25, 0.3) is 5.69 Å². The molecule has 1 N–H and O–H groups in total. The van der Waals surface area contributed by atoms with Gasteiger partial charge in [0.1, 0.15) is 17.6 Å². The molecule has 8 heteroatoms. The Morgan fingerprint density at radius 2 is 1.89 bits per heavy atom. The molecule has 0 saturated heterocycles. The van der Waals surface area contributed by atoms with Gasteiger partial charge < -0.3 is 5.32 Å². The number of anilines is 1. The topological polar surface area (TPSA) is 85.9 Å². The maximum atomic E-state index is 11.0. The molecule has 5 rings (SSSR count). The van der Waals surface area contributed by atoms with Crippen LogP contribution in [0.5, 0.6) is 0 Å². The van der Waals surface area contributed by atoms with Gasteiger partial charge in [-0.15, -0.1) is 0 Å². The van der Waals surface area contributed by atoms with Crippen LogP contribution in [0.25, 0.3) is 16.7 Å². The van der Waals surface area contributed by atoms with E-state index in [1.165, 1.54) is 18.5 Å². The Balaban J connectivity index is 1.82. The Kier molecular flexibility index (Phi) is 3.44. The quantitative estimate of drug-likeness (QED) is 0.305. The lowest BCUT2D eigenvalue weighted by Gasteiger charge is -2.38. The number of fused-ring (bicyclic) bond motifs is 5. The maximum Gasteiger partial charge on any atom is 0.269 e. The number of nitrogens with one attached hydrogen (secondary N) is 1. The number of nitro benzene ring substituents is 1. The number of non-ortho nitro benzene ring substituents is 1. The fourth-order valence-electron chi connectivity index (χ4n) is 3.83. The highest BCUT2D eigenvalue weighted by Crippen LogP contribution is 2.45. The lowest BCUT2D eigenvalue weighted by Crippen LogP contribution is -2.39. The lowest BCUT2D eigenvalue weighted by atomic mass is 9.86. The summed E-state index contributed by atoms with van der Waals surface area (Å²) in [6, 6.07) is 16.7. The smallest absolute Gasteiger partial charge is 0.269 e. The monoisotopic (exact) mass is 391 g/mol. The third-order valence-electron chi connectivity index (χ3n) is 5.25. The van der Waals surface area contributed by atoms with E-state index in [2.05, 4.69) is 25.9 Å². The van der Waals surface area contributed by atoms with Crippen molar-refractivity contribution in [2.75, 3.05) is 5.32 Å². The van der Waals surface area contributed by atoms with Gasteiger partial charge >= 0.3 is 0 Å². The summed E-state index contributed by atoms with van der Waals surface area (Å²) < 4.78 is 2.07. The molecule has 0 bridgehead atoms. The van der Waals surface area contributed by atoms with Crippen LogP contribution in [-0.4, -0.2) is 19.5 Å². The molecule has 2 aromatic carbocycles. The van der Waals surface area contributed by atoms with E-state index >= 15 is 0 Å². The van der Waals surface area contributed by atoms with E-state index in [0.29, 0.717) is 16.7 Å². The second-order valence-corrected chi connectivity index (χ2v) is 7.20. The average Bonchev–Trinajstić information content (AvgIpc) is 3.10. The van der Waals surface area contributed by atoms with Crippen LogP contribution < -0.4 is 5.32 Å². The molecule has 3 heterocycles. The van der Waals surface area contributed by atoms with Crippen LogP contribution in [-0.2, 0) is 5.54 Å². The zero-order valence-corrected chi connectivity index (χ0v) is 15.5. The molecule has 7 nitrogen and oxygen atoms in total. The van der Waals surface area contributed by atoms with Gasteiger partial charge in [-0.3, -0.25) is 14.7 Å². The summed E-state index contributed by atoms with van der Waals surface area (Å²) >= 11 is 6.39. The summed E-state index contributed by atoms with van der Waals surface area (Å²) in [5.41, 5.74) is 2.82. The van der Waals surface area contributed by atoms with E-state index < -0.39 is 10.5 Å². The summed E-state index contributed by atoms with van der Waals surface area (Å²) in [4.78, 5) is 19.2. The highest BCUT2D eigenvalue weighted by atomic mass is 35.5. The van der Waals surface area contributed by atoms with Crippen LogP contribution in [0, 0.1) is 10.1 Å². The van der Waals surface area contributed by atoms with Crippen LogP contribution >= 0.6 is 11.6 Å². The van der Waals surface area contributed by atoms with Crippen molar-refractivity contribution < 1.29 is 4.92 Å². The van der Waals surface area contributed by atoms with Crippen LogP contribution in [0.3, 0.4) is 0 Å². The summed E-state index contributed by atoms with van der Waals surface area (Å²) in [6.07, 6.45) is 1.44. The highest BCUT2D eigenvalue weighted by molar-refractivity contribution is 6.32. The third kappa shape index (κ3) is 2.23. The first-order chi connectivity index (χ1) is 13.5. The SMILES string of the molecule is CC1(c2ccc([N+](=O)[O-])cc2)Nc2c(Cl)ncnc2-n2c1cc1ccccc12. The highest BCUT2D eigenvalue weighted by Gasteiger charge is 2.39. The van der Waals surface area contributed by atoms with Crippen molar-refractivity contribution in [3.8, 4) is 5.82 Å². The first-order valence-electron chi connectivity index (χ1n) is 8.64. The first-order valence-corrected chi connectivity index (χ1v) is 9.02. The number of nitro groups is 1. The van der Waals surface area contributed by atoms with Crippen molar-refractivity contribution in [2.24, 2.45) is 0 Å². The molecule has 1 atom stereocenters. The molecule has 1 aliphatic rings. The van der Waals surface area contributed by atoms with Crippen LogP contribution in [0.2, 0.25) is 5.15 Å². The zero-order valence-electron chi connectivity index (χ0n) is 14.8. The molecule has 0 fully saturated rings. The zero-order chi connectivity index (χ0) is 19.5. The summed E-state index contributed by atoms with van der Waals surface area (Å²) in [6.45, 7) is 2.02. The fraction of sp³-hybridized carbons (Fsp3) is 0.100. The number of hydrogen-bond donors (Lipinski definition) is 1. The number of benzene rings is 2. The number of halogens is 1. The van der Waals surface area contributed by atoms with E-state index in [9.17, 15) is 10.1 Å². The molecule has 4 aromatic rings. The Morgan fingerprint density at radius 1 is 1.14 bits per heavy atom. The van der Waals surface area contributed by atoms with Gasteiger partial charge in [0.15, 0.2) is 11.0 Å². The summed E-state index contributed by atoms with van der Waals surface area (Å²) in [5.74, 6) is 0.676. The molecule has 2 aromatic heterocycles. The summed E-state index contributed by atoms with van der Waals surface area (Å²) in [5, 5.41) is 15.9. The minimum Gasteiger partial charge on any atom is -0.365 e. The predicted octanol–water partition coefficient (Wildman–Crippen LogP) is 4.67. The molecule has 1 aliphatic heterocycles. The lowest BCUT2D eigenvalue weighted by molar-refractivity contribution is -0.384. The van der Waals surface area contributed by atoms with Gasteiger partial charge in [-0.05, 0) is 36.8 Å². The van der Waals surface area contributed by atoms with Gasteiger partial charge in [-0.25, -0.2) is 9.97 Å². The molecule has 138 valence electrons. The van der Waals surface area contributed by atoms with Gasteiger partial charge in [0.2, 0.25) is 0 Å². The van der Waals surface area contributed by atoms with Crippen molar-refractivity contribution in [3.05, 3.63) is 87.4 Å². The van der Waals surface area contributed by atoms with E-state index in [4.69, 9.17) is 11.6 Å². The Morgan fingerprint density at radius 3 is 2.64 bits per heavy atom. The minimum atomic E-state index is -0.685. The number of nitrogens with zero attached hydrogens (tertiary/aromatic N) is 4. The van der Waals surface area contributed by atoms with E-state index in [-0.39, 0.29) is 5.69 Å². The van der Waals surface area contributed by atoms with Crippen LogP contribution in [0.15, 0.2) is 60.9 Å². The van der Waals surface area contributed by atoms with E-state index in [1.54, 1.807) is 12.1 Å². The standard InChI is InChI=1S/C20H14ClN5O2/c1-20(13-6-8-14(9-7-13)26(27)28)16-10-12-4-2-3-5-15(12)25(16)19-17(24-20)18(21)22-11-23-19/h2-11,24H,1H3. The normalized spacial score (nSPS) is 17.6. The van der Waals surface area contributed by atoms with Crippen molar-refractivity contribution in [3.63, 3.8) is 0 Å². The molecular weight excluding hydrogens is 378 g/mol. The summed E-state index contributed by atoms with van der Waals surface area (Å²) in [7, 11) is 0. The molecule has 0 radical (unpaired) electrons. The molecular formula is C20H14ClN5O2. The Hall–Kier alpha value is -3.45. The Labute approximate surface area is 164 Å². The number of para-hydroxylation sites is 1. The van der Waals surface area contributed by atoms with Gasteiger partial charge in [0, 0.05) is 17.5 Å². The number of aromatic nitrogens is 3. The van der Waals surface area contributed by atoms with Crippen molar-refractivity contribution >= 4 is 33.9 Å². The van der Waals surface area contributed by atoms with Crippen LogP contribution in [0.1, 0.15) is 18.2 Å². The second kappa shape index (κ2) is 5.77. The number of rotatable bonds is 2. The molecule has 28 heavy (non-hydrogen) atoms. The third-order valence-corrected chi connectivity index (χ3v) is 5.53. The molecule has 0 saturated carbocycles. The molecule has 0 amide bonds. The Bertz CT molecular complexity index is 1250. The van der Waals surface area contributed by atoms with Crippen molar-refractivity contribution in [1.29, 1.82) is 0 Å². The number of hydrogen-bond acceptors (Lipinski definition) is 5. The maximum absolute atomic E-state index is 11.0. The van der Waals surface area contributed by atoms with Crippen molar-refractivity contribution in [1.82, 2.24) is 14.5 Å². The average molecular weight is 392 g/mol. The van der Waals surface area contributed by atoms with Gasteiger partial charge in [-0.2, -0.15) is 0 Å². The minimum absolute atomic E-state index is 0.0467. The molecule has 1 unspecified atom stereocenters.